The van der Waals surface area contributed by atoms with Crippen LogP contribution in [0, 0.1) is 0 Å². The molecule has 0 atom stereocenters. The second-order valence-electron chi connectivity index (χ2n) is 6.28. The maximum atomic E-state index is 11.7. The maximum absolute atomic E-state index is 11.7. The predicted octanol–water partition coefficient (Wildman–Crippen LogP) is 4.13. The molecule has 160 valence electrons. The van der Waals surface area contributed by atoms with E-state index < -0.39 is 0 Å². The Bertz CT molecular complexity index is 834. The highest BCUT2D eigenvalue weighted by molar-refractivity contribution is 7.99. The van der Waals surface area contributed by atoms with Crippen LogP contribution < -0.4 is 10.9 Å². The number of benzene rings is 2. The summed E-state index contributed by atoms with van der Waals surface area (Å²) in [5, 5.41) is 7.75. The number of hydrazone groups is 2. The largest absolute Gasteiger partial charge is 0.273 e. The predicted molar refractivity (Wildman–Crippen MR) is 131 cm³/mol. The van der Waals surface area contributed by atoms with Gasteiger partial charge in [0.2, 0.25) is 11.8 Å². The van der Waals surface area contributed by atoms with Gasteiger partial charge in [-0.25, -0.2) is 10.9 Å². The fraction of sp³-hybridized carbons (Fsp3) is 0.167. The van der Waals surface area contributed by atoms with Gasteiger partial charge in [-0.3, -0.25) is 9.59 Å². The molecule has 0 heterocycles. The van der Waals surface area contributed by atoms with Gasteiger partial charge in [-0.1, -0.05) is 72.8 Å². The standard InChI is InChI=1S/C24H26N4O2S/c29-23(27-25-17-7-13-21-9-3-1-4-10-21)15-19-31-20-16-24(30)28-26-18-8-14-22-11-5-2-6-12-22/h1-14,17-18H,15-16,19-20H2,(H,27,29)(H,28,30)/b13-7-,14-8-,25-17-,26-18+. The van der Waals surface area contributed by atoms with Gasteiger partial charge in [-0.05, 0) is 23.3 Å². The van der Waals surface area contributed by atoms with E-state index >= 15 is 0 Å². The van der Waals surface area contributed by atoms with Crippen LogP contribution in [0.15, 0.2) is 83.0 Å². The molecule has 2 amide bonds. The summed E-state index contributed by atoms with van der Waals surface area (Å²) in [6.45, 7) is 0. The molecule has 2 rings (SSSR count). The monoisotopic (exact) mass is 434 g/mol. The van der Waals surface area contributed by atoms with Gasteiger partial charge < -0.3 is 0 Å². The molecule has 0 unspecified atom stereocenters. The van der Waals surface area contributed by atoms with Crippen LogP contribution in [-0.4, -0.2) is 35.7 Å². The molecule has 0 fully saturated rings. The number of hydrogen-bond donors (Lipinski definition) is 2. The Morgan fingerprint density at radius 2 is 1.13 bits per heavy atom. The zero-order valence-corrected chi connectivity index (χ0v) is 18.0. The van der Waals surface area contributed by atoms with Crippen molar-refractivity contribution >= 4 is 48.2 Å². The summed E-state index contributed by atoms with van der Waals surface area (Å²) >= 11 is 1.54. The van der Waals surface area contributed by atoms with Crippen LogP contribution in [0.25, 0.3) is 12.2 Å². The molecule has 2 aromatic carbocycles. The van der Waals surface area contributed by atoms with Crippen molar-refractivity contribution in [3.8, 4) is 0 Å². The van der Waals surface area contributed by atoms with Crippen LogP contribution in [0.4, 0.5) is 0 Å². The van der Waals surface area contributed by atoms with Crippen molar-refractivity contribution in [1.29, 1.82) is 0 Å². The van der Waals surface area contributed by atoms with Gasteiger partial charge in [0.05, 0.1) is 0 Å². The molecule has 0 spiro atoms. The highest BCUT2D eigenvalue weighted by Crippen LogP contribution is 2.04. The molecule has 0 radical (unpaired) electrons. The SMILES string of the molecule is O=C(CCSCCC(=O)N/N=C/C=C\c1ccccc1)N/N=C\C=C/c1ccccc1. The van der Waals surface area contributed by atoms with Gasteiger partial charge in [0, 0.05) is 36.8 Å². The number of allylic oxidation sites excluding steroid dienone is 2. The number of carbonyl (C=O) groups is 2. The molecule has 2 N–H and O–H groups in total. The number of thioether (sulfide) groups is 1. The molecular formula is C24H26N4O2S. The Labute approximate surface area is 187 Å². The van der Waals surface area contributed by atoms with E-state index in [-0.39, 0.29) is 11.8 Å². The number of carbonyl (C=O) groups excluding carboxylic acids is 2. The summed E-state index contributed by atoms with van der Waals surface area (Å²) in [6.07, 6.45) is 11.1. The third-order valence-corrected chi connectivity index (χ3v) is 4.81. The summed E-state index contributed by atoms with van der Waals surface area (Å²) in [5.41, 5.74) is 7.09. The van der Waals surface area contributed by atoms with E-state index in [2.05, 4.69) is 21.1 Å². The first-order valence-corrected chi connectivity index (χ1v) is 11.0. The van der Waals surface area contributed by atoms with Gasteiger partial charge in [-0.15, -0.1) is 0 Å². The molecule has 0 saturated heterocycles. The van der Waals surface area contributed by atoms with E-state index in [4.69, 9.17) is 0 Å². The van der Waals surface area contributed by atoms with Crippen molar-refractivity contribution < 1.29 is 9.59 Å². The van der Waals surface area contributed by atoms with Gasteiger partial charge >= 0.3 is 0 Å². The second-order valence-corrected chi connectivity index (χ2v) is 7.50. The van der Waals surface area contributed by atoms with Crippen LogP contribution in [0.2, 0.25) is 0 Å². The van der Waals surface area contributed by atoms with Gasteiger partial charge in [0.1, 0.15) is 0 Å². The molecule has 0 bridgehead atoms. The van der Waals surface area contributed by atoms with Crippen LogP contribution >= 0.6 is 11.8 Å². The molecular weight excluding hydrogens is 408 g/mol. The minimum Gasteiger partial charge on any atom is -0.273 e. The van der Waals surface area contributed by atoms with E-state index in [1.165, 1.54) is 24.2 Å². The topological polar surface area (TPSA) is 82.9 Å². The van der Waals surface area contributed by atoms with Crippen LogP contribution in [-0.2, 0) is 9.59 Å². The fourth-order valence-corrected chi connectivity index (χ4v) is 3.15. The van der Waals surface area contributed by atoms with Crippen LogP contribution in [0.1, 0.15) is 24.0 Å². The third kappa shape index (κ3) is 12.0. The normalized spacial score (nSPS) is 11.6. The van der Waals surface area contributed by atoms with E-state index in [9.17, 15) is 9.59 Å². The smallest absolute Gasteiger partial charge is 0.240 e. The van der Waals surface area contributed by atoms with Crippen molar-refractivity contribution in [2.75, 3.05) is 11.5 Å². The van der Waals surface area contributed by atoms with Crippen LogP contribution in [0.3, 0.4) is 0 Å². The van der Waals surface area contributed by atoms with Gasteiger partial charge in [0.25, 0.3) is 0 Å². The molecule has 7 heteroatoms. The number of hydrogen-bond acceptors (Lipinski definition) is 5. The van der Waals surface area contributed by atoms with Crippen molar-refractivity contribution in [3.63, 3.8) is 0 Å². The minimum atomic E-state index is -0.156. The molecule has 0 aliphatic carbocycles. The number of rotatable bonds is 12. The highest BCUT2D eigenvalue weighted by atomic mass is 32.2. The average molecular weight is 435 g/mol. The lowest BCUT2D eigenvalue weighted by Gasteiger charge is -2.01. The first-order valence-electron chi connectivity index (χ1n) is 9.89. The molecule has 0 saturated carbocycles. The van der Waals surface area contributed by atoms with E-state index in [1.807, 2.05) is 72.8 Å². The summed E-state index contributed by atoms with van der Waals surface area (Å²) in [6, 6.07) is 19.7. The van der Waals surface area contributed by atoms with E-state index in [0.717, 1.165) is 11.1 Å². The zero-order valence-electron chi connectivity index (χ0n) is 17.2. The number of nitrogens with zero attached hydrogens (tertiary/aromatic N) is 2. The average Bonchev–Trinajstić information content (AvgIpc) is 2.80. The molecule has 6 nitrogen and oxygen atoms in total. The molecule has 0 aliphatic heterocycles. The Balaban J connectivity index is 1.48. The van der Waals surface area contributed by atoms with E-state index in [1.54, 1.807) is 12.2 Å². The quantitative estimate of drug-likeness (QED) is 0.299. The summed E-state index contributed by atoms with van der Waals surface area (Å²) in [4.78, 5) is 23.4. The first kappa shape index (κ1) is 23.8. The molecule has 31 heavy (non-hydrogen) atoms. The number of amides is 2. The highest BCUT2D eigenvalue weighted by Gasteiger charge is 2.02. The Morgan fingerprint density at radius 3 is 1.55 bits per heavy atom. The van der Waals surface area contributed by atoms with Crippen molar-refractivity contribution in [2.24, 2.45) is 10.2 Å². The zero-order chi connectivity index (χ0) is 22.0. The van der Waals surface area contributed by atoms with Crippen molar-refractivity contribution in [2.45, 2.75) is 12.8 Å². The molecule has 0 aromatic heterocycles. The summed E-state index contributed by atoms with van der Waals surface area (Å²) in [7, 11) is 0. The first-order chi connectivity index (χ1) is 15.2. The lowest BCUT2D eigenvalue weighted by Crippen LogP contribution is -2.19. The maximum Gasteiger partial charge on any atom is 0.240 e. The Morgan fingerprint density at radius 1 is 0.710 bits per heavy atom. The summed E-state index contributed by atoms with van der Waals surface area (Å²) in [5.74, 6) is 0.932. The second kappa shape index (κ2) is 15.4. The van der Waals surface area contributed by atoms with E-state index in [0.29, 0.717) is 24.3 Å². The van der Waals surface area contributed by atoms with Gasteiger partial charge in [-0.2, -0.15) is 22.0 Å². The Hall–Kier alpha value is -3.45. The Kier molecular flexibility index (Phi) is 11.8. The minimum absolute atomic E-state index is 0.156. The van der Waals surface area contributed by atoms with Crippen molar-refractivity contribution in [3.05, 3.63) is 83.9 Å². The lowest BCUT2D eigenvalue weighted by molar-refractivity contribution is -0.121. The fourth-order valence-electron chi connectivity index (χ4n) is 2.28. The number of nitrogens with one attached hydrogen (secondary N) is 2. The molecule has 2 aromatic rings. The van der Waals surface area contributed by atoms with Crippen molar-refractivity contribution in [1.82, 2.24) is 10.9 Å². The molecule has 0 aliphatic rings. The summed E-state index contributed by atoms with van der Waals surface area (Å²) < 4.78 is 0. The third-order valence-electron chi connectivity index (χ3n) is 3.82. The lowest BCUT2D eigenvalue weighted by atomic mass is 10.2. The van der Waals surface area contributed by atoms with Gasteiger partial charge in [0.15, 0.2) is 0 Å². The van der Waals surface area contributed by atoms with Crippen LogP contribution in [0.5, 0.6) is 0 Å².